The summed E-state index contributed by atoms with van der Waals surface area (Å²) in [6.07, 6.45) is 6.80. The number of rotatable bonds is 7. The molecule has 3 heterocycles. The van der Waals surface area contributed by atoms with Crippen LogP contribution in [0.3, 0.4) is 0 Å². The molecule has 37 heavy (non-hydrogen) atoms. The van der Waals surface area contributed by atoms with Gasteiger partial charge in [-0.2, -0.15) is 15.5 Å². The van der Waals surface area contributed by atoms with Crippen LogP contribution in [0.2, 0.25) is 25.7 Å². The maximum Gasteiger partial charge on any atom is 0.410 e. The van der Waals surface area contributed by atoms with E-state index in [2.05, 4.69) is 25.7 Å². The molecule has 2 aromatic heterocycles. The van der Waals surface area contributed by atoms with Crippen LogP contribution in [0.4, 0.5) is 10.6 Å². The highest BCUT2D eigenvalue weighted by Crippen LogP contribution is 2.55. The molecule has 2 aromatic rings. The molecule has 2 fully saturated rings. The highest BCUT2D eigenvalue weighted by molar-refractivity contribution is 6.76. The smallest absolute Gasteiger partial charge is 0.410 e. The molecule has 2 N–H and O–H groups in total. The summed E-state index contributed by atoms with van der Waals surface area (Å²) in [5.74, 6) is 0.418. The Kier molecular flexibility index (Phi) is 7.23. The molecular formula is C27H43N7O2Si. The molecule has 1 spiro atoms. The monoisotopic (exact) mass is 525 g/mol. The number of nitrogens with zero attached hydrogens (tertiary/aromatic N) is 6. The van der Waals surface area contributed by atoms with Crippen LogP contribution in [0.1, 0.15) is 70.2 Å². The first kappa shape index (κ1) is 27.2. The number of nitriles is 1. The number of carbonyl (C=O) groups is 1. The van der Waals surface area contributed by atoms with E-state index in [-0.39, 0.29) is 17.6 Å². The van der Waals surface area contributed by atoms with Crippen LogP contribution < -0.4 is 5.73 Å². The van der Waals surface area contributed by atoms with Crippen LogP contribution in [0.15, 0.2) is 6.20 Å². The van der Waals surface area contributed by atoms with Crippen LogP contribution >= 0.6 is 0 Å². The van der Waals surface area contributed by atoms with E-state index < -0.39 is 13.7 Å². The van der Waals surface area contributed by atoms with Crippen LogP contribution in [0.5, 0.6) is 0 Å². The number of aryl methyl sites for hydroxylation is 2. The van der Waals surface area contributed by atoms with Gasteiger partial charge < -0.3 is 15.4 Å². The van der Waals surface area contributed by atoms with E-state index in [0.29, 0.717) is 30.2 Å². The van der Waals surface area contributed by atoms with Crippen molar-refractivity contribution in [3.63, 3.8) is 0 Å². The van der Waals surface area contributed by atoms with E-state index in [9.17, 15) is 10.1 Å². The van der Waals surface area contributed by atoms with Gasteiger partial charge in [-0.25, -0.2) is 9.48 Å². The number of nitrogens with two attached hydrogens (primary N) is 1. The second-order valence-electron chi connectivity index (χ2n) is 13.3. The molecule has 0 unspecified atom stereocenters. The van der Waals surface area contributed by atoms with Crippen molar-refractivity contribution in [3.8, 4) is 17.3 Å². The van der Waals surface area contributed by atoms with Crippen molar-refractivity contribution in [2.45, 2.75) is 104 Å². The fraction of sp³-hybridized carbons (Fsp3) is 0.704. The van der Waals surface area contributed by atoms with E-state index in [1.165, 1.54) is 12.5 Å². The van der Waals surface area contributed by atoms with Gasteiger partial charge in [0, 0.05) is 39.5 Å². The zero-order valence-corrected chi connectivity index (χ0v) is 24.6. The number of amides is 1. The Morgan fingerprint density at radius 1 is 1.27 bits per heavy atom. The number of aromatic nitrogens is 4. The number of unbranched alkanes of at least 4 members (excludes halogenated alkanes) is 1. The summed E-state index contributed by atoms with van der Waals surface area (Å²) < 4.78 is 9.38. The molecule has 4 rings (SSSR count). The number of ether oxygens (including phenoxy) is 1. The van der Waals surface area contributed by atoms with Crippen molar-refractivity contribution in [1.29, 1.82) is 5.26 Å². The lowest BCUT2D eigenvalue weighted by molar-refractivity contribution is 0.0188. The van der Waals surface area contributed by atoms with E-state index >= 15 is 0 Å². The Morgan fingerprint density at radius 3 is 2.59 bits per heavy atom. The molecule has 1 saturated heterocycles. The van der Waals surface area contributed by atoms with Crippen molar-refractivity contribution in [2.75, 3.05) is 18.8 Å². The number of hydrogen-bond acceptors (Lipinski definition) is 6. The van der Waals surface area contributed by atoms with Crippen molar-refractivity contribution in [2.24, 2.45) is 5.41 Å². The standard InChI is InChI=1S/C27H43N7O2Si/c1-19-22(17-33(30-19)11-8-9-13-37(5,6)7)23-21(16-28)24(29)34(31-23)20-14-27(15-20)10-12-32(18-27)25(35)36-26(2,3)4/h17,20H,8-15,18,29H2,1-7H3. The lowest BCUT2D eigenvalue weighted by atomic mass is 9.65. The van der Waals surface area contributed by atoms with Gasteiger partial charge >= 0.3 is 6.09 Å². The molecule has 0 bridgehead atoms. The first-order valence-corrected chi connectivity index (χ1v) is 17.2. The van der Waals surface area contributed by atoms with Crippen molar-refractivity contribution in [3.05, 3.63) is 17.5 Å². The summed E-state index contributed by atoms with van der Waals surface area (Å²) in [6, 6.07) is 3.72. The number of nitrogen functional groups attached to an aromatic ring is 1. The second-order valence-corrected chi connectivity index (χ2v) is 18.9. The lowest BCUT2D eigenvalue weighted by Crippen LogP contribution is -2.43. The summed E-state index contributed by atoms with van der Waals surface area (Å²) in [4.78, 5) is 14.3. The average molecular weight is 526 g/mol. The van der Waals surface area contributed by atoms with Gasteiger partial charge in [-0.1, -0.05) is 32.1 Å². The van der Waals surface area contributed by atoms with Gasteiger partial charge in [0.1, 0.15) is 28.7 Å². The Balaban J connectivity index is 1.43. The maximum absolute atomic E-state index is 12.5. The molecule has 0 aromatic carbocycles. The lowest BCUT2D eigenvalue weighted by Gasteiger charge is -2.45. The Hall–Kier alpha value is -2.80. The van der Waals surface area contributed by atoms with Gasteiger partial charge in [0.2, 0.25) is 0 Å². The SMILES string of the molecule is Cc1nn(CCCC[Si](C)(C)C)cc1-c1nn(C2CC3(CCN(C(=O)OC(C)(C)C)C3)C2)c(N)c1C#N. The largest absolute Gasteiger partial charge is 0.444 e. The number of anilines is 1. The average Bonchev–Trinajstić information content (AvgIpc) is 3.43. The zero-order valence-electron chi connectivity index (χ0n) is 23.6. The quantitative estimate of drug-likeness (QED) is 0.372. The van der Waals surface area contributed by atoms with Crippen molar-refractivity contribution in [1.82, 2.24) is 24.5 Å². The van der Waals surface area contributed by atoms with E-state index in [0.717, 1.165) is 43.5 Å². The third-order valence-electron chi connectivity index (χ3n) is 7.60. The predicted octanol–water partition coefficient (Wildman–Crippen LogP) is 5.59. The summed E-state index contributed by atoms with van der Waals surface area (Å²) >= 11 is 0. The van der Waals surface area contributed by atoms with Gasteiger partial charge in [0.05, 0.1) is 11.7 Å². The first-order chi connectivity index (χ1) is 17.2. The molecule has 10 heteroatoms. The minimum Gasteiger partial charge on any atom is -0.444 e. The van der Waals surface area contributed by atoms with Gasteiger partial charge in [-0.3, -0.25) is 4.68 Å². The van der Waals surface area contributed by atoms with Crippen LogP contribution in [-0.4, -0.2) is 57.3 Å². The fourth-order valence-electron chi connectivity index (χ4n) is 5.68. The predicted molar refractivity (Wildman–Crippen MR) is 148 cm³/mol. The molecule has 9 nitrogen and oxygen atoms in total. The molecule has 1 aliphatic carbocycles. The Labute approximate surface area is 222 Å². The van der Waals surface area contributed by atoms with Gasteiger partial charge in [0.25, 0.3) is 0 Å². The summed E-state index contributed by atoms with van der Waals surface area (Å²) in [6.45, 7) is 17.1. The number of hydrogen-bond donors (Lipinski definition) is 1. The Bertz CT molecular complexity index is 1190. The van der Waals surface area contributed by atoms with Crippen LogP contribution in [0.25, 0.3) is 11.3 Å². The summed E-state index contributed by atoms with van der Waals surface area (Å²) in [5, 5.41) is 19.5. The van der Waals surface area contributed by atoms with Gasteiger partial charge in [0.15, 0.2) is 0 Å². The number of likely N-dealkylation sites (tertiary alicyclic amines) is 1. The Morgan fingerprint density at radius 2 is 1.97 bits per heavy atom. The second kappa shape index (κ2) is 9.82. The molecular weight excluding hydrogens is 482 g/mol. The van der Waals surface area contributed by atoms with Gasteiger partial charge in [-0.15, -0.1) is 0 Å². The first-order valence-electron chi connectivity index (χ1n) is 13.5. The molecule has 1 amide bonds. The topological polar surface area (TPSA) is 115 Å². The highest BCUT2D eigenvalue weighted by atomic mass is 28.3. The van der Waals surface area contributed by atoms with Gasteiger partial charge in [-0.05, 0) is 58.8 Å². The van der Waals surface area contributed by atoms with E-state index in [1.807, 2.05) is 48.2 Å². The normalized spacial score (nSPS) is 21.8. The third-order valence-corrected chi connectivity index (χ3v) is 9.45. The van der Waals surface area contributed by atoms with Crippen molar-refractivity contribution < 1.29 is 9.53 Å². The maximum atomic E-state index is 12.5. The highest BCUT2D eigenvalue weighted by Gasteiger charge is 2.51. The summed E-state index contributed by atoms with van der Waals surface area (Å²) in [7, 11) is -1.03. The molecule has 1 saturated carbocycles. The molecule has 202 valence electrons. The minimum atomic E-state index is -1.03. The zero-order chi connectivity index (χ0) is 27.2. The minimum absolute atomic E-state index is 0.0731. The van der Waals surface area contributed by atoms with Crippen LogP contribution in [0, 0.1) is 23.7 Å². The van der Waals surface area contributed by atoms with Crippen LogP contribution in [-0.2, 0) is 11.3 Å². The summed E-state index contributed by atoms with van der Waals surface area (Å²) in [5.41, 5.74) is 8.81. The molecule has 0 radical (unpaired) electrons. The fourth-order valence-corrected chi connectivity index (χ4v) is 6.99. The van der Waals surface area contributed by atoms with E-state index in [4.69, 9.17) is 20.7 Å². The third kappa shape index (κ3) is 6.03. The number of carbonyl (C=O) groups excluding carboxylic acids is 1. The van der Waals surface area contributed by atoms with E-state index in [1.54, 1.807) is 0 Å². The molecule has 2 aliphatic rings. The molecule has 0 atom stereocenters. The van der Waals surface area contributed by atoms with Crippen molar-refractivity contribution >= 4 is 20.0 Å². The molecule has 1 aliphatic heterocycles.